The molecule has 0 saturated heterocycles. The highest BCUT2D eigenvalue weighted by Gasteiger charge is 2.31. The van der Waals surface area contributed by atoms with Crippen LogP contribution in [-0.2, 0) is 0 Å². The Morgan fingerprint density at radius 2 is 2.19 bits per heavy atom. The van der Waals surface area contributed by atoms with Crippen molar-refractivity contribution in [2.45, 2.75) is 19.3 Å². The first kappa shape index (κ1) is 13.8. The molecule has 1 unspecified atom stereocenters. The minimum absolute atomic E-state index is 0.0347. The van der Waals surface area contributed by atoms with Gasteiger partial charge in [0.25, 0.3) is 5.91 Å². The summed E-state index contributed by atoms with van der Waals surface area (Å²) >= 11 is 0. The zero-order chi connectivity index (χ0) is 14.8. The van der Waals surface area contributed by atoms with E-state index in [2.05, 4.69) is 11.1 Å². The summed E-state index contributed by atoms with van der Waals surface area (Å²) in [7, 11) is 0. The SMILES string of the molecule is Cc1cc(C(=O)N2CC(CCN)c3ccccc32)ccn1. The van der Waals surface area contributed by atoms with Gasteiger partial charge in [-0.2, -0.15) is 0 Å². The number of amides is 1. The van der Waals surface area contributed by atoms with Crippen LogP contribution in [0.15, 0.2) is 42.6 Å². The molecule has 3 rings (SSSR count). The normalized spacial score (nSPS) is 16.9. The van der Waals surface area contributed by atoms with E-state index >= 15 is 0 Å². The minimum Gasteiger partial charge on any atom is -0.330 e. The Bertz CT molecular complexity index is 669. The predicted molar refractivity (Wildman–Crippen MR) is 83.5 cm³/mol. The summed E-state index contributed by atoms with van der Waals surface area (Å²) in [5.41, 5.74) is 9.48. The zero-order valence-electron chi connectivity index (χ0n) is 12.1. The third-order valence-corrected chi connectivity index (χ3v) is 3.97. The van der Waals surface area contributed by atoms with Gasteiger partial charge in [-0.15, -0.1) is 0 Å². The van der Waals surface area contributed by atoms with Gasteiger partial charge in [0.15, 0.2) is 0 Å². The summed E-state index contributed by atoms with van der Waals surface area (Å²) in [6.07, 6.45) is 2.58. The van der Waals surface area contributed by atoms with E-state index in [1.54, 1.807) is 12.3 Å². The van der Waals surface area contributed by atoms with Crippen molar-refractivity contribution in [1.29, 1.82) is 0 Å². The Kier molecular flexibility index (Phi) is 3.71. The molecule has 2 N–H and O–H groups in total. The second-order valence-corrected chi connectivity index (χ2v) is 5.43. The second kappa shape index (κ2) is 5.66. The number of aryl methyl sites for hydroxylation is 1. The van der Waals surface area contributed by atoms with Crippen molar-refractivity contribution in [2.24, 2.45) is 5.73 Å². The second-order valence-electron chi connectivity index (χ2n) is 5.43. The summed E-state index contributed by atoms with van der Waals surface area (Å²) in [6, 6.07) is 11.7. The fourth-order valence-corrected chi connectivity index (χ4v) is 2.97. The lowest BCUT2D eigenvalue weighted by Crippen LogP contribution is -2.30. The molecule has 0 aliphatic carbocycles. The molecule has 1 atom stereocenters. The van der Waals surface area contributed by atoms with Gasteiger partial charge in [0.05, 0.1) is 0 Å². The minimum atomic E-state index is 0.0347. The van der Waals surface area contributed by atoms with E-state index in [4.69, 9.17) is 5.73 Å². The Morgan fingerprint density at radius 1 is 1.38 bits per heavy atom. The fourth-order valence-electron chi connectivity index (χ4n) is 2.97. The highest BCUT2D eigenvalue weighted by atomic mass is 16.2. The van der Waals surface area contributed by atoms with Gasteiger partial charge in [-0.1, -0.05) is 18.2 Å². The average Bonchev–Trinajstić information content (AvgIpc) is 2.86. The van der Waals surface area contributed by atoms with Crippen LogP contribution < -0.4 is 10.6 Å². The first-order valence-corrected chi connectivity index (χ1v) is 7.24. The standard InChI is InChI=1S/C17H19N3O/c1-12-10-13(7-9-19-12)17(21)20-11-14(6-8-18)15-4-2-3-5-16(15)20/h2-5,7,9-10,14H,6,8,11,18H2,1H3. The molecule has 0 radical (unpaired) electrons. The Morgan fingerprint density at radius 3 is 2.95 bits per heavy atom. The van der Waals surface area contributed by atoms with Gasteiger partial charge >= 0.3 is 0 Å². The van der Waals surface area contributed by atoms with Crippen LogP contribution in [0.3, 0.4) is 0 Å². The van der Waals surface area contributed by atoms with Crippen LogP contribution in [0, 0.1) is 6.92 Å². The maximum Gasteiger partial charge on any atom is 0.258 e. The number of carbonyl (C=O) groups excluding carboxylic acids is 1. The van der Waals surface area contributed by atoms with Crippen molar-refractivity contribution < 1.29 is 4.79 Å². The summed E-state index contributed by atoms with van der Waals surface area (Å²) in [5.74, 6) is 0.366. The first-order chi connectivity index (χ1) is 10.2. The molecule has 4 nitrogen and oxygen atoms in total. The Hall–Kier alpha value is -2.20. The number of anilines is 1. The van der Waals surface area contributed by atoms with Crippen LogP contribution in [0.5, 0.6) is 0 Å². The highest BCUT2D eigenvalue weighted by molar-refractivity contribution is 6.07. The van der Waals surface area contributed by atoms with E-state index in [1.165, 1.54) is 5.56 Å². The number of carbonyl (C=O) groups is 1. The monoisotopic (exact) mass is 281 g/mol. The van der Waals surface area contributed by atoms with Gasteiger partial charge in [0.1, 0.15) is 0 Å². The maximum absolute atomic E-state index is 12.8. The van der Waals surface area contributed by atoms with E-state index in [9.17, 15) is 4.79 Å². The van der Waals surface area contributed by atoms with Crippen molar-refractivity contribution in [2.75, 3.05) is 18.0 Å². The number of rotatable bonds is 3. The molecule has 21 heavy (non-hydrogen) atoms. The van der Waals surface area contributed by atoms with Crippen molar-refractivity contribution in [3.63, 3.8) is 0 Å². The van der Waals surface area contributed by atoms with Crippen LogP contribution in [0.2, 0.25) is 0 Å². The third-order valence-electron chi connectivity index (χ3n) is 3.97. The highest BCUT2D eigenvalue weighted by Crippen LogP contribution is 2.38. The van der Waals surface area contributed by atoms with Crippen LogP contribution in [0.1, 0.15) is 34.0 Å². The molecular weight excluding hydrogens is 262 g/mol. The van der Waals surface area contributed by atoms with Crippen LogP contribution in [0.4, 0.5) is 5.69 Å². The number of hydrogen-bond donors (Lipinski definition) is 1. The maximum atomic E-state index is 12.8. The van der Waals surface area contributed by atoms with Crippen molar-refractivity contribution in [3.05, 3.63) is 59.4 Å². The number of pyridine rings is 1. The number of aromatic nitrogens is 1. The van der Waals surface area contributed by atoms with Gasteiger partial charge in [-0.3, -0.25) is 9.78 Å². The number of hydrogen-bond acceptors (Lipinski definition) is 3. The molecule has 4 heteroatoms. The lowest BCUT2D eigenvalue weighted by molar-refractivity contribution is 0.0988. The number of benzene rings is 1. The van der Waals surface area contributed by atoms with Crippen molar-refractivity contribution >= 4 is 11.6 Å². The zero-order valence-corrected chi connectivity index (χ0v) is 12.1. The molecule has 1 aliphatic heterocycles. The van der Waals surface area contributed by atoms with Gasteiger partial charge in [0.2, 0.25) is 0 Å². The van der Waals surface area contributed by atoms with Gasteiger partial charge in [-0.05, 0) is 43.7 Å². The lowest BCUT2D eigenvalue weighted by atomic mass is 9.98. The molecule has 1 aromatic heterocycles. The largest absolute Gasteiger partial charge is 0.330 e. The van der Waals surface area contributed by atoms with Crippen LogP contribution >= 0.6 is 0 Å². The van der Waals surface area contributed by atoms with Gasteiger partial charge in [0, 0.05) is 35.6 Å². The first-order valence-electron chi connectivity index (χ1n) is 7.24. The van der Waals surface area contributed by atoms with Gasteiger partial charge < -0.3 is 10.6 Å². The van der Waals surface area contributed by atoms with Crippen molar-refractivity contribution in [3.8, 4) is 0 Å². The molecule has 0 bridgehead atoms. The summed E-state index contributed by atoms with van der Waals surface area (Å²) < 4.78 is 0. The Balaban J connectivity index is 1.95. The van der Waals surface area contributed by atoms with Gasteiger partial charge in [-0.25, -0.2) is 0 Å². The molecule has 108 valence electrons. The third kappa shape index (κ3) is 2.54. The van der Waals surface area contributed by atoms with E-state index in [0.717, 1.165) is 17.8 Å². The average molecular weight is 281 g/mol. The molecule has 1 amide bonds. The molecule has 1 aromatic carbocycles. The van der Waals surface area contributed by atoms with E-state index < -0.39 is 0 Å². The molecule has 0 fully saturated rings. The summed E-state index contributed by atoms with van der Waals surface area (Å²) in [4.78, 5) is 18.8. The summed E-state index contributed by atoms with van der Waals surface area (Å²) in [6.45, 7) is 3.23. The van der Waals surface area contributed by atoms with Crippen LogP contribution in [0.25, 0.3) is 0 Å². The molecular formula is C17H19N3O. The Labute approximate surface area is 124 Å². The number of fused-ring (bicyclic) bond motifs is 1. The molecule has 2 heterocycles. The topological polar surface area (TPSA) is 59.2 Å². The molecule has 0 saturated carbocycles. The fraction of sp³-hybridized carbons (Fsp3) is 0.294. The van der Waals surface area contributed by atoms with E-state index in [0.29, 0.717) is 24.6 Å². The molecule has 1 aliphatic rings. The number of nitrogens with zero attached hydrogens (tertiary/aromatic N) is 2. The number of para-hydroxylation sites is 1. The van der Waals surface area contributed by atoms with Crippen molar-refractivity contribution in [1.82, 2.24) is 4.98 Å². The van der Waals surface area contributed by atoms with E-state index in [1.807, 2.05) is 36.1 Å². The smallest absolute Gasteiger partial charge is 0.258 e. The lowest BCUT2D eigenvalue weighted by Gasteiger charge is -2.18. The number of nitrogens with two attached hydrogens (primary N) is 1. The summed E-state index contributed by atoms with van der Waals surface area (Å²) in [5, 5.41) is 0. The van der Waals surface area contributed by atoms with Crippen LogP contribution in [-0.4, -0.2) is 24.0 Å². The molecule has 0 spiro atoms. The molecule has 2 aromatic rings. The van der Waals surface area contributed by atoms with E-state index in [-0.39, 0.29) is 5.91 Å². The quantitative estimate of drug-likeness (QED) is 0.940. The predicted octanol–water partition coefficient (Wildman–Crippen LogP) is 2.48.